The van der Waals surface area contributed by atoms with E-state index >= 15 is 0 Å². The van der Waals surface area contributed by atoms with Crippen molar-refractivity contribution < 1.29 is 4.79 Å². The van der Waals surface area contributed by atoms with E-state index in [9.17, 15) is 4.79 Å². The van der Waals surface area contributed by atoms with Gasteiger partial charge < -0.3 is 5.32 Å². The number of carbonyl (C=O) groups is 1. The maximum absolute atomic E-state index is 11.5. The van der Waals surface area contributed by atoms with Crippen molar-refractivity contribution in [1.29, 1.82) is 0 Å². The van der Waals surface area contributed by atoms with E-state index in [1.807, 2.05) is 32.1 Å². The van der Waals surface area contributed by atoms with Gasteiger partial charge in [-0.25, -0.2) is 0 Å². The van der Waals surface area contributed by atoms with Crippen molar-refractivity contribution in [1.82, 2.24) is 5.32 Å². The minimum absolute atomic E-state index is 0.00251. The van der Waals surface area contributed by atoms with Crippen LogP contribution in [0.4, 0.5) is 0 Å². The number of nitrogens with one attached hydrogen (secondary N) is 1. The fourth-order valence-electron chi connectivity index (χ4n) is 1.65. The van der Waals surface area contributed by atoms with Crippen LogP contribution in [0.25, 0.3) is 0 Å². The molecule has 0 aliphatic carbocycles. The summed E-state index contributed by atoms with van der Waals surface area (Å²) in [6.45, 7) is 8.11. The van der Waals surface area contributed by atoms with E-state index in [1.165, 1.54) is 5.57 Å². The van der Waals surface area contributed by atoms with Crippen LogP contribution in [0.3, 0.4) is 0 Å². The second kappa shape index (κ2) is 9.23. The van der Waals surface area contributed by atoms with Crippen molar-refractivity contribution in [2.24, 2.45) is 0 Å². The lowest BCUT2D eigenvalue weighted by molar-refractivity contribution is -0.118. The number of hydrogen-bond donors (Lipinski definition) is 1. The third-order valence-electron chi connectivity index (χ3n) is 2.43. The van der Waals surface area contributed by atoms with Crippen LogP contribution in [-0.4, -0.2) is 17.3 Å². The van der Waals surface area contributed by atoms with E-state index in [2.05, 4.69) is 41.2 Å². The Morgan fingerprint density at radius 1 is 1.41 bits per heavy atom. The summed E-state index contributed by atoms with van der Waals surface area (Å²) in [6.07, 6.45) is 9.17. The lowest BCUT2D eigenvalue weighted by Crippen LogP contribution is -2.37. The Morgan fingerprint density at radius 2 is 2.06 bits per heavy atom. The molecule has 0 heterocycles. The first-order chi connectivity index (χ1) is 8.10. The van der Waals surface area contributed by atoms with Gasteiger partial charge in [-0.05, 0) is 32.8 Å². The fraction of sp³-hybridized carbons (Fsp3) is 0.500. The van der Waals surface area contributed by atoms with Gasteiger partial charge in [0, 0.05) is 0 Å². The van der Waals surface area contributed by atoms with E-state index < -0.39 is 0 Å². The molecule has 0 fully saturated rings. The third kappa shape index (κ3) is 5.87. The van der Waals surface area contributed by atoms with Crippen LogP contribution in [0.1, 0.15) is 34.1 Å². The van der Waals surface area contributed by atoms with Crippen LogP contribution in [0.2, 0.25) is 0 Å². The predicted octanol–water partition coefficient (Wildman–Crippen LogP) is 3.74. The van der Waals surface area contributed by atoms with Gasteiger partial charge in [0.05, 0.1) is 11.4 Å². The summed E-state index contributed by atoms with van der Waals surface area (Å²) < 4.78 is 0. The van der Waals surface area contributed by atoms with Gasteiger partial charge in [-0.15, -0.1) is 0 Å². The maximum atomic E-state index is 11.5. The highest BCUT2D eigenvalue weighted by molar-refractivity contribution is 9.09. The Bertz CT molecular complexity index is 329. The molecule has 0 saturated carbocycles. The first kappa shape index (κ1) is 16.2. The average Bonchev–Trinajstić information content (AvgIpc) is 2.33. The highest BCUT2D eigenvalue weighted by Gasteiger charge is 2.15. The van der Waals surface area contributed by atoms with Crippen molar-refractivity contribution in [2.45, 2.75) is 40.2 Å². The zero-order chi connectivity index (χ0) is 13.3. The Labute approximate surface area is 113 Å². The quantitative estimate of drug-likeness (QED) is 0.452. The molecule has 3 heteroatoms. The van der Waals surface area contributed by atoms with Gasteiger partial charge >= 0.3 is 0 Å². The number of hydrogen-bond acceptors (Lipinski definition) is 1. The van der Waals surface area contributed by atoms with Crippen LogP contribution >= 0.6 is 15.9 Å². The molecule has 0 radical (unpaired) electrons. The molecule has 96 valence electrons. The molecular formula is C14H22BrNO. The van der Waals surface area contributed by atoms with Crippen molar-refractivity contribution in [3.63, 3.8) is 0 Å². The molecule has 1 N–H and O–H groups in total. The zero-order valence-electron chi connectivity index (χ0n) is 11.1. The zero-order valence-corrected chi connectivity index (χ0v) is 12.7. The van der Waals surface area contributed by atoms with Gasteiger partial charge in [-0.3, -0.25) is 4.79 Å². The molecule has 17 heavy (non-hydrogen) atoms. The summed E-state index contributed by atoms with van der Waals surface area (Å²) in [4.78, 5) is 11.5. The molecule has 0 spiro atoms. The van der Waals surface area contributed by atoms with Gasteiger partial charge in [0.25, 0.3) is 0 Å². The second-order valence-electron chi connectivity index (χ2n) is 3.78. The van der Waals surface area contributed by atoms with Crippen molar-refractivity contribution in [2.75, 3.05) is 5.33 Å². The van der Waals surface area contributed by atoms with Crippen LogP contribution in [0.5, 0.6) is 0 Å². The molecule has 0 aromatic rings. The number of carbonyl (C=O) groups excluding carboxylic acids is 1. The Kier molecular flexibility index (Phi) is 8.78. The molecule has 0 bridgehead atoms. The van der Waals surface area contributed by atoms with Gasteiger partial charge in [-0.2, -0.15) is 0 Å². The van der Waals surface area contributed by atoms with Crippen LogP contribution in [0.15, 0.2) is 35.5 Å². The number of halogens is 1. The lowest BCUT2D eigenvalue weighted by Gasteiger charge is -2.20. The predicted molar refractivity (Wildman–Crippen MR) is 78.3 cm³/mol. The lowest BCUT2D eigenvalue weighted by atomic mass is 9.98. The van der Waals surface area contributed by atoms with Crippen molar-refractivity contribution in [3.8, 4) is 0 Å². The molecular weight excluding hydrogens is 278 g/mol. The van der Waals surface area contributed by atoms with Gasteiger partial charge in [0.15, 0.2) is 0 Å². The van der Waals surface area contributed by atoms with Crippen molar-refractivity contribution >= 4 is 21.8 Å². The van der Waals surface area contributed by atoms with Gasteiger partial charge in [0.1, 0.15) is 0 Å². The summed E-state index contributed by atoms with van der Waals surface area (Å²) >= 11 is 3.17. The van der Waals surface area contributed by atoms with E-state index in [0.29, 0.717) is 5.33 Å². The highest BCUT2D eigenvalue weighted by atomic mass is 79.9. The number of allylic oxidation sites excluding steroid dienone is 3. The molecule has 0 aliphatic rings. The van der Waals surface area contributed by atoms with Gasteiger partial charge in [-0.1, -0.05) is 52.7 Å². The topological polar surface area (TPSA) is 29.1 Å². The summed E-state index contributed by atoms with van der Waals surface area (Å²) in [5, 5.41) is 3.34. The number of alkyl halides is 1. The molecule has 0 saturated heterocycles. The molecule has 1 atom stereocenters. The molecule has 0 aromatic carbocycles. The van der Waals surface area contributed by atoms with Gasteiger partial charge in [0.2, 0.25) is 5.91 Å². The van der Waals surface area contributed by atoms with E-state index in [-0.39, 0.29) is 11.9 Å². The molecule has 2 nitrogen and oxygen atoms in total. The SMILES string of the molecule is C/C=C\C(=C/C)C(NC(=O)CBr)/C(C)=C/CC. The molecule has 1 unspecified atom stereocenters. The summed E-state index contributed by atoms with van der Waals surface area (Å²) in [5.41, 5.74) is 2.29. The number of rotatable bonds is 6. The summed E-state index contributed by atoms with van der Waals surface area (Å²) in [7, 11) is 0. The van der Waals surface area contributed by atoms with E-state index in [0.717, 1.165) is 12.0 Å². The highest BCUT2D eigenvalue weighted by Crippen LogP contribution is 2.14. The van der Waals surface area contributed by atoms with E-state index in [1.54, 1.807) is 0 Å². The molecule has 0 rings (SSSR count). The van der Waals surface area contributed by atoms with Crippen LogP contribution in [0, 0.1) is 0 Å². The average molecular weight is 300 g/mol. The maximum Gasteiger partial charge on any atom is 0.231 e. The summed E-state index contributed by atoms with van der Waals surface area (Å²) in [6, 6.07) is -0.0267. The Balaban J connectivity index is 5.09. The second-order valence-corrected chi connectivity index (χ2v) is 4.34. The van der Waals surface area contributed by atoms with Crippen molar-refractivity contribution in [3.05, 3.63) is 35.5 Å². The van der Waals surface area contributed by atoms with E-state index in [4.69, 9.17) is 0 Å². The largest absolute Gasteiger partial charge is 0.345 e. The van der Waals surface area contributed by atoms with Crippen LogP contribution in [-0.2, 0) is 4.79 Å². The minimum Gasteiger partial charge on any atom is -0.345 e. The van der Waals surface area contributed by atoms with Crippen LogP contribution < -0.4 is 5.32 Å². The third-order valence-corrected chi connectivity index (χ3v) is 2.94. The molecule has 0 aromatic heterocycles. The Morgan fingerprint density at radius 3 is 2.47 bits per heavy atom. The molecule has 1 amide bonds. The Hall–Kier alpha value is -0.830. The fourth-order valence-corrected chi connectivity index (χ4v) is 1.81. The number of amides is 1. The standard InChI is InChI=1S/C14H22BrNO/c1-5-8-11(4)14(16-13(17)10-15)12(7-3)9-6-2/h6-9,14H,5,10H2,1-4H3,(H,16,17)/b9-6-,11-8+,12-7+. The first-order valence-electron chi connectivity index (χ1n) is 5.91. The first-order valence-corrected chi connectivity index (χ1v) is 7.03. The minimum atomic E-state index is -0.0267. The summed E-state index contributed by atoms with van der Waals surface area (Å²) in [5.74, 6) is 0.00251. The monoisotopic (exact) mass is 299 g/mol. The molecule has 0 aliphatic heterocycles. The normalized spacial score (nSPS) is 15.1. The smallest absolute Gasteiger partial charge is 0.231 e.